The largest absolute Gasteiger partial charge is 0.416 e. The molecule has 3 nitrogen and oxygen atoms in total. The second kappa shape index (κ2) is 8.29. The summed E-state index contributed by atoms with van der Waals surface area (Å²) in [4.78, 5) is 0. The zero-order valence-electron chi connectivity index (χ0n) is 15.1. The van der Waals surface area contributed by atoms with Gasteiger partial charge < -0.3 is 5.32 Å². The average Bonchev–Trinajstić information content (AvgIpc) is 3.19. The fourth-order valence-corrected chi connectivity index (χ4v) is 3.08. The summed E-state index contributed by atoms with van der Waals surface area (Å²) in [5.74, 6) is 0. The minimum Gasteiger partial charge on any atom is -0.374 e. The number of anilines is 1. The number of aromatic amines is 1. The molecule has 1 unspecified atom stereocenters. The molecule has 0 saturated heterocycles. The van der Waals surface area contributed by atoms with E-state index in [0.29, 0.717) is 5.56 Å². The summed E-state index contributed by atoms with van der Waals surface area (Å²) in [6.45, 7) is 2.14. The third kappa shape index (κ3) is 4.70. The maximum Gasteiger partial charge on any atom is 0.416 e. The summed E-state index contributed by atoms with van der Waals surface area (Å²) in [5, 5.41) is 9.82. The Labute approximate surface area is 156 Å². The van der Waals surface area contributed by atoms with Gasteiger partial charge in [-0.25, -0.2) is 0 Å². The molecule has 0 aliphatic heterocycles. The molecule has 0 saturated carbocycles. The number of alkyl halides is 3. The normalized spacial score (nSPS) is 12.7. The topological polar surface area (TPSA) is 40.7 Å². The number of hydrogen-bond acceptors (Lipinski definition) is 2. The van der Waals surface area contributed by atoms with Crippen LogP contribution in [-0.2, 0) is 12.6 Å². The van der Waals surface area contributed by atoms with Crippen molar-refractivity contribution in [1.82, 2.24) is 10.2 Å². The lowest BCUT2D eigenvalue weighted by atomic mass is 9.95. The number of halogens is 3. The molecule has 0 bridgehead atoms. The van der Waals surface area contributed by atoms with Gasteiger partial charge in [-0.15, -0.1) is 0 Å². The molecule has 0 amide bonds. The van der Waals surface area contributed by atoms with E-state index in [9.17, 15) is 13.2 Å². The molecule has 1 heterocycles. The lowest BCUT2D eigenvalue weighted by Crippen LogP contribution is -2.18. The van der Waals surface area contributed by atoms with Gasteiger partial charge in [0.25, 0.3) is 0 Å². The van der Waals surface area contributed by atoms with Crippen molar-refractivity contribution in [2.24, 2.45) is 0 Å². The molecule has 0 aliphatic rings. The van der Waals surface area contributed by atoms with Gasteiger partial charge in [-0.3, -0.25) is 5.10 Å². The van der Waals surface area contributed by atoms with Crippen molar-refractivity contribution in [2.45, 2.75) is 38.4 Å². The zero-order valence-corrected chi connectivity index (χ0v) is 15.1. The molecule has 1 atom stereocenters. The number of aromatic nitrogens is 2. The summed E-state index contributed by atoms with van der Waals surface area (Å²) < 4.78 is 40.5. The Morgan fingerprint density at radius 1 is 1.07 bits per heavy atom. The summed E-state index contributed by atoms with van der Waals surface area (Å²) in [5.41, 5.74) is 2.14. The van der Waals surface area contributed by atoms with Crippen molar-refractivity contribution in [3.63, 3.8) is 0 Å². The monoisotopic (exact) mass is 373 g/mol. The zero-order chi connectivity index (χ0) is 19.3. The smallest absolute Gasteiger partial charge is 0.374 e. The third-order valence-corrected chi connectivity index (χ3v) is 4.51. The summed E-state index contributed by atoms with van der Waals surface area (Å²) in [7, 11) is 0. The van der Waals surface area contributed by atoms with Crippen molar-refractivity contribution < 1.29 is 13.2 Å². The highest BCUT2D eigenvalue weighted by Crippen LogP contribution is 2.37. The second-order valence-corrected chi connectivity index (χ2v) is 6.49. The molecule has 1 aromatic heterocycles. The lowest BCUT2D eigenvalue weighted by Gasteiger charge is -2.23. The summed E-state index contributed by atoms with van der Waals surface area (Å²) in [6, 6.07) is 12.8. The minimum atomic E-state index is -4.43. The number of aryl methyl sites for hydroxylation is 1. The van der Waals surface area contributed by atoms with Crippen molar-refractivity contribution in [3.05, 3.63) is 83.2 Å². The van der Waals surface area contributed by atoms with Gasteiger partial charge in [-0.2, -0.15) is 18.3 Å². The Bertz CT molecular complexity index is 840. The van der Waals surface area contributed by atoms with Gasteiger partial charge in [0.15, 0.2) is 0 Å². The number of hydrogen-bond donors (Lipinski definition) is 2. The molecule has 0 spiro atoms. The molecule has 3 rings (SSSR count). The van der Waals surface area contributed by atoms with Crippen molar-refractivity contribution >= 4 is 5.69 Å². The van der Waals surface area contributed by atoms with Crippen LogP contribution in [0, 0.1) is 0 Å². The highest BCUT2D eigenvalue weighted by molar-refractivity contribution is 5.51. The number of nitrogens with one attached hydrogen (secondary N) is 2. The SMILES string of the molecule is CCCCc1ccc(NC(c2cn[nH]c2)c2ccccc2C(F)(F)F)cc1. The number of unbranched alkanes of at least 4 members (excludes halogenated alkanes) is 1. The van der Waals surface area contributed by atoms with Crippen molar-refractivity contribution in [3.8, 4) is 0 Å². The van der Waals surface area contributed by atoms with Crippen LogP contribution in [0.2, 0.25) is 0 Å². The van der Waals surface area contributed by atoms with E-state index in [4.69, 9.17) is 0 Å². The molecule has 27 heavy (non-hydrogen) atoms. The maximum absolute atomic E-state index is 13.5. The Morgan fingerprint density at radius 2 is 1.81 bits per heavy atom. The van der Waals surface area contributed by atoms with Crippen LogP contribution in [0.15, 0.2) is 60.9 Å². The van der Waals surface area contributed by atoms with Gasteiger partial charge in [-0.05, 0) is 42.2 Å². The molecule has 0 aliphatic carbocycles. The highest BCUT2D eigenvalue weighted by Gasteiger charge is 2.35. The van der Waals surface area contributed by atoms with Crippen LogP contribution in [0.5, 0.6) is 0 Å². The second-order valence-electron chi connectivity index (χ2n) is 6.49. The van der Waals surface area contributed by atoms with Crippen LogP contribution in [0.4, 0.5) is 18.9 Å². The predicted octanol–water partition coefficient (Wildman–Crippen LogP) is 5.97. The molecule has 2 N–H and O–H groups in total. The molecular formula is C21H22F3N3. The first-order valence-electron chi connectivity index (χ1n) is 8.99. The molecule has 142 valence electrons. The van der Waals surface area contributed by atoms with Crippen LogP contribution >= 0.6 is 0 Å². The summed E-state index contributed by atoms with van der Waals surface area (Å²) in [6.07, 6.45) is 1.96. The van der Waals surface area contributed by atoms with Gasteiger partial charge >= 0.3 is 6.18 Å². The van der Waals surface area contributed by atoms with E-state index in [1.165, 1.54) is 17.7 Å². The highest BCUT2D eigenvalue weighted by atomic mass is 19.4. The summed E-state index contributed by atoms with van der Waals surface area (Å²) >= 11 is 0. The van der Waals surface area contributed by atoms with Crippen molar-refractivity contribution in [2.75, 3.05) is 5.32 Å². The first kappa shape index (κ1) is 19.0. The van der Waals surface area contributed by atoms with Gasteiger partial charge in [0.1, 0.15) is 0 Å². The van der Waals surface area contributed by atoms with Gasteiger partial charge in [0, 0.05) is 17.4 Å². The fourth-order valence-electron chi connectivity index (χ4n) is 3.08. The Kier molecular flexibility index (Phi) is 5.84. The number of rotatable bonds is 7. The van der Waals surface area contributed by atoms with E-state index >= 15 is 0 Å². The molecule has 3 aromatic rings. The van der Waals surface area contributed by atoms with Crippen LogP contribution in [0.1, 0.15) is 48.1 Å². The number of nitrogens with zero attached hydrogens (tertiary/aromatic N) is 1. The van der Waals surface area contributed by atoms with Crippen LogP contribution in [0.25, 0.3) is 0 Å². The van der Waals surface area contributed by atoms with E-state index in [0.717, 1.165) is 31.0 Å². The predicted molar refractivity (Wildman–Crippen MR) is 101 cm³/mol. The fraction of sp³-hybridized carbons (Fsp3) is 0.286. The third-order valence-electron chi connectivity index (χ3n) is 4.51. The molecule has 2 aromatic carbocycles. The van der Waals surface area contributed by atoms with E-state index in [2.05, 4.69) is 22.4 Å². The van der Waals surface area contributed by atoms with E-state index in [1.807, 2.05) is 24.3 Å². The molecular weight excluding hydrogens is 351 g/mol. The minimum absolute atomic E-state index is 0.168. The van der Waals surface area contributed by atoms with Crippen LogP contribution in [0.3, 0.4) is 0 Å². The average molecular weight is 373 g/mol. The Morgan fingerprint density at radius 3 is 2.44 bits per heavy atom. The molecule has 0 fully saturated rings. The quantitative estimate of drug-likeness (QED) is 0.535. The Balaban J connectivity index is 1.93. The first-order chi connectivity index (χ1) is 13.0. The number of H-pyrrole nitrogens is 1. The first-order valence-corrected chi connectivity index (χ1v) is 8.99. The van der Waals surface area contributed by atoms with Gasteiger partial charge in [0.05, 0.1) is 17.8 Å². The van der Waals surface area contributed by atoms with E-state index in [-0.39, 0.29) is 5.56 Å². The number of benzene rings is 2. The van der Waals surface area contributed by atoms with Crippen LogP contribution < -0.4 is 5.32 Å². The van der Waals surface area contributed by atoms with Gasteiger partial charge in [0.2, 0.25) is 0 Å². The molecule has 0 radical (unpaired) electrons. The maximum atomic E-state index is 13.5. The lowest BCUT2D eigenvalue weighted by molar-refractivity contribution is -0.138. The van der Waals surface area contributed by atoms with Crippen LogP contribution in [-0.4, -0.2) is 10.2 Å². The van der Waals surface area contributed by atoms with E-state index in [1.54, 1.807) is 18.5 Å². The van der Waals surface area contributed by atoms with Gasteiger partial charge in [-0.1, -0.05) is 43.7 Å². The van der Waals surface area contributed by atoms with Crippen molar-refractivity contribution in [1.29, 1.82) is 0 Å². The Hall–Kier alpha value is -2.76. The molecule has 6 heteroatoms. The standard InChI is InChI=1S/C21H22F3N3/c1-2-3-6-15-9-11-17(12-10-15)27-20(16-13-25-26-14-16)18-7-4-5-8-19(18)21(22,23)24/h4-5,7-14,20,27H,2-3,6H2,1H3,(H,25,26). The van der Waals surface area contributed by atoms with E-state index < -0.39 is 17.8 Å².